The molecular weight excluding hydrogens is 160 g/mol. The molecule has 0 aromatic rings. The molecule has 1 saturated carbocycles. The smallest absolute Gasteiger partial charge is 0.00964 e. The van der Waals surface area contributed by atoms with Crippen molar-refractivity contribution in [3.63, 3.8) is 0 Å². The number of hydrogen-bond acceptors (Lipinski definition) is 2. The SMILES string of the molecule is CCN(CC(CN)C(C)C)C1CC1. The lowest BCUT2D eigenvalue weighted by Gasteiger charge is -2.27. The van der Waals surface area contributed by atoms with Crippen molar-refractivity contribution in [3.05, 3.63) is 0 Å². The fourth-order valence-corrected chi connectivity index (χ4v) is 1.83. The molecule has 78 valence electrons. The lowest BCUT2D eigenvalue weighted by Crippen LogP contribution is -2.36. The molecule has 2 N–H and O–H groups in total. The minimum atomic E-state index is 0.681. The second-order valence-electron chi connectivity index (χ2n) is 4.56. The maximum atomic E-state index is 5.77. The number of nitrogens with zero attached hydrogens (tertiary/aromatic N) is 1. The first-order valence-corrected chi connectivity index (χ1v) is 5.63. The van der Waals surface area contributed by atoms with E-state index in [9.17, 15) is 0 Å². The van der Waals surface area contributed by atoms with Gasteiger partial charge in [0.25, 0.3) is 0 Å². The van der Waals surface area contributed by atoms with Gasteiger partial charge in [0.05, 0.1) is 0 Å². The topological polar surface area (TPSA) is 29.3 Å². The second-order valence-corrected chi connectivity index (χ2v) is 4.56. The van der Waals surface area contributed by atoms with Crippen molar-refractivity contribution < 1.29 is 0 Å². The van der Waals surface area contributed by atoms with Crippen LogP contribution in [0.2, 0.25) is 0 Å². The van der Waals surface area contributed by atoms with E-state index in [0.29, 0.717) is 5.92 Å². The van der Waals surface area contributed by atoms with Gasteiger partial charge in [-0.3, -0.25) is 0 Å². The van der Waals surface area contributed by atoms with Crippen LogP contribution in [0.3, 0.4) is 0 Å². The summed E-state index contributed by atoms with van der Waals surface area (Å²) in [5.74, 6) is 1.40. The zero-order valence-electron chi connectivity index (χ0n) is 9.29. The molecule has 1 aliphatic rings. The highest BCUT2D eigenvalue weighted by Crippen LogP contribution is 2.28. The molecule has 0 radical (unpaired) electrons. The summed E-state index contributed by atoms with van der Waals surface area (Å²) in [5, 5.41) is 0. The van der Waals surface area contributed by atoms with Crippen molar-refractivity contribution >= 4 is 0 Å². The Hall–Kier alpha value is -0.0800. The van der Waals surface area contributed by atoms with E-state index in [1.807, 2.05) is 0 Å². The summed E-state index contributed by atoms with van der Waals surface area (Å²) < 4.78 is 0. The largest absolute Gasteiger partial charge is 0.330 e. The molecule has 0 spiro atoms. The lowest BCUT2D eigenvalue weighted by molar-refractivity contribution is 0.205. The van der Waals surface area contributed by atoms with Gasteiger partial charge in [-0.15, -0.1) is 0 Å². The average molecular weight is 184 g/mol. The average Bonchev–Trinajstić information content (AvgIpc) is 2.89. The number of nitrogens with two attached hydrogens (primary N) is 1. The van der Waals surface area contributed by atoms with Crippen LogP contribution < -0.4 is 5.73 Å². The highest BCUT2D eigenvalue weighted by atomic mass is 15.2. The van der Waals surface area contributed by atoms with Crippen molar-refractivity contribution in [3.8, 4) is 0 Å². The molecule has 2 nitrogen and oxygen atoms in total. The van der Waals surface area contributed by atoms with Crippen molar-refractivity contribution in [2.45, 2.75) is 39.7 Å². The van der Waals surface area contributed by atoms with Crippen LogP contribution in [-0.2, 0) is 0 Å². The first kappa shape index (κ1) is 11.0. The molecule has 1 rings (SSSR count). The van der Waals surface area contributed by atoms with Gasteiger partial charge in [0.15, 0.2) is 0 Å². The summed E-state index contributed by atoms with van der Waals surface area (Å²) >= 11 is 0. The first-order valence-electron chi connectivity index (χ1n) is 5.63. The van der Waals surface area contributed by atoms with Crippen LogP contribution >= 0.6 is 0 Å². The predicted octanol–water partition coefficient (Wildman–Crippen LogP) is 1.70. The maximum absolute atomic E-state index is 5.77. The van der Waals surface area contributed by atoms with Gasteiger partial charge < -0.3 is 10.6 Å². The van der Waals surface area contributed by atoms with E-state index < -0.39 is 0 Å². The minimum absolute atomic E-state index is 0.681. The molecule has 0 saturated heterocycles. The summed E-state index contributed by atoms with van der Waals surface area (Å²) in [6, 6.07) is 0.887. The maximum Gasteiger partial charge on any atom is 0.00964 e. The lowest BCUT2D eigenvalue weighted by atomic mass is 9.95. The Morgan fingerprint density at radius 2 is 2.00 bits per heavy atom. The van der Waals surface area contributed by atoms with E-state index in [1.165, 1.54) is 25.9 Å². The summed E-state index contributed by atoms with van der Waals surface area (Å²) in [5.41, 5.74) is 5.77. The zero-order chi connectivity index (χ0) is 9.84. The van der Waals surface area contributed by atoms with Crippen LogP contribution in [0, 0.1) is 11.8 Å². The summed E-state index contributed by atoms with van der Waals surface area (Å²) in [4.78, 5) is 2.59. The molecule has 1 atom stereocenters. The molecule has 13 heavy (non-hydrogen) atoms. The third-order valence-electron chi connectivity index (χ3n) is 3.18. The van der Waals surface area contributed by atoms with E-state index in [4.69, 9.17) is 5.73 Å². The van der Waals surface area contributed by atoms with Gasteiger partial charge in [-0.1, -0.05) is 20.8 Å². The zero-order valence-corrected chi connectivity index (χ0v) is 9.29. The standard InChI is InChI=1S/C11H24N2/c1-4-13(11-5-6-11)8-10(7-12)9(2)3/h9-11H,4-8,12H2,1-3H3. The van der Waals surface area contributed by atoms with Crippen molar-refractivity contribution in [2.75, 3.05) is 19.6 Å². The Kier molecular flexibility index (Phi) is 4.20. The van der Waals surface area contributed by atoms with E-state index >= 15 is 0 Å². The van der Waals surface area contributed by atoms with E-state index in [2.05, 4.69) is 25.7 Å². The van der Waals surface area contributed by atoms with E-state index in [1.54, 1.807) is 0 Å². The van der Waals surface area contributed by atoms with Crippen molar-refractivity contribution in [1.29, 1.82) is 0 Å². The van der Waals surface area contributed by atoms with Crippen LogP contribution in [0.25, 0.3) is 0 Å². The van der Waals surface area contributed by atoms with Crippen LogP contribution in [0.15, 0.2) is 0 Å². The molecule has 1 fully saturated rings. The highest BCUT2D eigenvalue weighted by Gasteiger charge is 2.29. The number of hydrogen-bond donors (Lipinski definition) is 1. The molecule has 0 aromatic heterocycles. The van der Waals surface area contributed by atoms with E-state index in [-0.39, 0.29) is 0 Å². The first-order chi connectivity index (χ1) is 6.19. The molecule has 0 amide bonds. The van der Waals surface area contributed by atoms with Crippen LogP contribution in [0.5, 0.6) is 0 Å². The monoisotopic (exact) mass is 184 g/mol. The van der Waals surface area contributed by atoms with Crippen LogP contribution in [0.4, 0.5) is 0 Å². The Bertz CT molecular complexity index is 133. The molecule has 1 aliphatic carbocycles. The number of rotatable bonds is 6. The van der Waals surface area contributed by atoms with Crippen molar-refractivity contribution in [2.24, 2.45) is 17.6 Å². The molecule has 1 unspecified atom stereocenters. The molecule has 0 aliphatic heterocycles. The summed E-state index contributed by atoms with van der Waals surface area (Å²) in [6.45, 7) is 10.0. The fourth-order valence-electron chi connectivity index (χ4n) is 1.83. The Morgan fingerprint density at radius 3 is 2.31 bits per heavy atom. The summed E-state index contributed by atoms with van der Waals surface area (Å²) in [7, 11) is 0. The van der Waals surface area contributed by atoms with Gasteiger partial charge in [-0.25, -0.2) is 0 Å². The Balaban J connectivity index is 2.33. The van der Waals surface area contributed by atoms with Gasteiger partial charge in [0.1, 0.15) is 0 Å². The van der Waals surface area contributed by atoms with Crippen molar-refractivity contribution in [1.82, 2.24) is 4.90 Å². The highest BCUT2D eigenvalue weighted by molar-refractivity contribution is 4.85. The second kappa shape index (κ2) is 4.97. The quantitative estimate of drug-likeness (QED) is 0.681. The normalized spacial score (nSPS) is 19.8. The van der Waals surface area contributed by atoms with Gasteiger partial charge in [-0.05, 0) is 37.8 Å². The van der Waals surface area contributed by atoms with Crippen LogP contribution in [-0.4, -0.2) is 30.6 Å². The van der Waals surface area contributed by atoms with Gasteiger partial charge in [0, 0.05) is 12.6 Å². The minimum Gasteiger partial charge on any atom is -0.330 e. The fraction of sp³-hybridized carbons (Fsp3) is 1.00. The molecule has 0 aromatic carbocycles. The third-order valence-corrected chi connectivity index (χ3v) is 3.18. The van der Waals surface area contributed by atoms with Gasteiger partial charge in [0.2, 0.25) is 0 Å². The summed E-state index contributed by atoms with van der Waals surface area (Å²) in [6.07, 6.45) is 2.81. The molecule has 2 heteroatoms. The van der Waals surface area contributed by atoms with Gasteiger partial charge in [-0.2, -0.15) is 0 Å². The molecule has 0 bridgehead atoms. The Morgan fingerprint density at radius 1 is 1.38 bits per heavy atom. The molecule has 0 heterocycles. The van der Waals surface area contributed by atoms with E-state index in [0.717, 1.165) is 18.5 Å². The predicted molar refractivity (Wildman–Crippen MR) is 57.7 cm³/mol. The van der Waals surface area contributed by atoms with Crippen LogP contribution in [0.1, 0.15) is 33.6 Å². The molecular formula is C11H24N2. The van der Waals surface area contributed by atoms with Gasteiger partial charge >= 0.3 is 0 Å². The Labute approximate surface area is 82.5 Å². The third kappa shape index (κ3) is 3.28.